The second kappa shape index (κ2) is 6.06. The first-order chi connectivity index (χ1) is 9.78. The number of nitrogens with one attached hydrogen (secondary N) is 1. The number of hydrogen-bond donors (Lipinski definition) is 1. The highest BCUT2D eigenvalue weighted by Gasteiger charge is 2.34. The van der Waals surface area contributed by atoms with Gasteiger partial charge in [0, 0.05) is 37.9 Å². The summed E-state index contributed by atoms with van der Waals surface area (Å²) >= 11 is 0. The average Bonchev–Trinajstić information content (AvgIpc) is 2.91. The highest BCUT2D eigenvalue weighted by Crippen LogP contribution is 2.27. The van der Waals surface area contributed by atoms with Crippen molar-refractivity contribution in [1.29, 1.82) is 0 Å². The molecule has 0 aliphatic carbocycles. The lowest BCUT2D eigenvalue weighted by molar-refractivity contribution is 0.202. The molecule has 0 saturated carbocycles. The van der Waals surface area contributed by atoms with E-state index in [1.54, 1.807) is 0 Å². The molecule has 2 saturated heterocycles. The number of hydrogen-bond acceptors (Lipinski definition) is 5. The number of rotatable bonds is 4. The molecule has 3 heterocycles. The van der Waals surface area contributed by atoms with E-state index in [1.165, 1.54) is 19.4 Å². The van der Waals surface area contributed by atoms with Crippen LogP contribution in [0, 0.1) is 0 Å². The molecule has 1 aromatic rings. The molecule has 110 valence electrons. The maximum Gasteiger partial charge on any atom is 0.147 e. The SMILES string of the molecule is CCNCc1cncc(N2CC3CCCN3CC2C)n1. The standard InChI is InChI=1S/C15H25N5/c1-3-16-7-13-8-17-9-15(18-13)20-11-14-5-4-6-19(14)10-12(20)2/h8-9,12,14,16H,3-7,10-11H2,1-2H3. The molecule has 5 nitrogen and oxygen atoms in total. The topological polar surface area (TPSA) is 44.3 Å². The van der Waals surface area contributed by atoms with Gasteiger partial charge >= 0.3 is 0 Å². The van der Waals surface area contributed by atoms with Crippen molar-refractivity contribution in [3.05, 3.63) is 18.1 Å². The third kappa shape index (κ3) is 2.79. The minimum Gasteiger partial charge on any atom is -0.350 e. The van der Waals surface area contributed by atoms with Gasteiger partial charge in [-0.1, -0.05) is 6.92 Å². The fourth-order valence-corrected chi connectivity index (χ4v) is 3.38. The Bertz CT molecular complexity index is 450. The van der Waals surface area contributed by atoms with Crippen LogP contribution in [-0.4, -0.2) is 53.1 Å². The van der Waals surface area contributed by atoms with Gasteiger partial charge in [-0.15, -0.1) is 0 Å². The largest absolute Gasteiger partial charge is 0.350 e. The summed E-state index contributed by atoms with van der Waals surface area (Å²) in [6.45, 7) is 9.70. The smallest absolute Gasteiger partial charge is 0.147 e. The predicted molar refractivity (Wildman–Crippen MR) is 80.8 cm³/mol. The molecule has 2 unspecified atom stereocenters. The summed E-state index contributed by atoms with van der Waals surface area (Å²) in [5, 5.41) is 3.31. The lowest BCUT2D eigenvalue weighted by Gasteiger charge is -2.42. The summed E-state index contributed by atoms with van der Waals surface area (Å²) in [4.78, 5) is 14.2. The van der Waals surface area contributed by atoms with E-state index in [9.17, 15) is 0 Å². The Morgan fingerprint density at radius 2 is 2.25 bits per heavy atom. The molecule has 20 heavy (non-hydrogen) atoms. The van der Waals surface area contributed by atoms with Crippen molar-refractivity contribution in [2.75, 3.05) is 31.1 Å². The second-order valence-corrected chi connectivity index (χ2v) is 5.94. The van der Waals surface area contributed by atoms with Crippen molar-refractivity contribution in [1.82, 2.24) is 20.2 Å². The lowest BCUT2D eigenvalue weighted by atomic mass is 10.1. The molecule has 2 atom stereocenters. The lowest BCUT2D eigenvalue weighted by Crippen LogP contribution is -2.55. The van der Waals surface area contributed by atoms with E-state index in [0.717, 1.165) is 37.7 Å². The molecule has 1 N–H and O–H groups in total. The Labute approximate surface area is 121 Å². The van der Waals surface area contributed by atoms with Gasteiger partial charge in [-0.3, -0.25) is 9.88 Å². The molecular weight excluding hydrogens is 250 g/mol. The molecule has 1 aromatic heterocycles. The van der Waals surface area contributed by atoms with E-state index in [2.05, 4.69) is 33.9 Å². The van der Waals surface area contributed by atoms with Crippen LogP contribution in [0.1, 0.15) is 32.4 Å². The molecule has 3 rings (SSSR count). The number of aromatic nitrogens is 2. The van der Waals surface area contributed by atoms with Crippen molar-refractivity contribution >= 4 is 5.82 Å². The molecule has 0 spiro atoms. The van der Waals surface area contributed by atoms with Gasteiger partial charge in [0.25, 0.3) is 0 Å². The van der Waals surface area contributed by atoms with Crippen LogP contribution in [0.15, 0.2) is 12.4 Å². The van der Waals surface area contributed by atoms with Crippen LogP contribution < -0.4 is 10.2 Å². The van der Waals surface area contributed by atoms with Crippen molar-refractivity contribution in [3.63, 3.8) is 0 Å². The summed E-state index contributed by atoms with van der Waals surface area (Å²) in [5.41, 5.74) is 1.03. The van der Waals surface area contributed by atoms with Crippen LogP contribution in [0.4, 0.5) is 5.82 Å². The van der Waals surface area contributed by atoms with Gasteiger partial charge in [-0.05, 0) is 32.9 Å². The van der Waals surface area contributed by atoms with Crippen molar-refractivity contribution in [3.8, 4) is 0 Å². The van der Waals surface area contributed by atoms with Gasteiger partial charge in [-0.25, -0.2) is 4.98 Å². The Kier molecular flexibility index (Phi) is 4.17. The van der Waals surface area contributed by atoms with Gasteiger partial charge in [0.2, 0.25) is 0 Å². The number of nitrogens with zero attached hydrogens (tertiary/aromatic N) is 4. The zero-order valence-corrected chi connectivity index (χ0v) is 12.5. The van der Waals surface area contributed by atoms with Crippen molar-refractivity contribution < 1.29 is 0 Å². The summed E-state index contributed by atoms with van der Waals surface area (Å²) in [7, 11) is 0. The van der Waals surface area contributed by atoms with E-state index in [0.29, 0.717) is 12.1 Å². The van der Waals surface area contributed by atoms with E-state index in [4.69, 9.17) is 4.98 Å². The highest BCUT2D eigenvalue weighted by molar-refractivity contribution is 5.39. The number of anilines is 1. The normalized spacial score (nSPS) is 26.8. The zero-order valence-electron chi connectivity index (χ0n) is 12.5. The van der Waals surface area contributed by atoms with E-state index < -0.39 is 0 Å². The minimum absolute atomic E-state index is 0.521. The fourth-order valence-electron chi connectivity index (χ4n) is 3.38. The zero-order chi connectivity index (χ0) is 13.9. The van der Waals surface area contributed by atoms with Crippen molar-refractivity contribution in [2.45, 2.75) is 45.3 Å². The highest BCUT2D eigenvalue weighted by atomic mass is 15.3. The molecule has 5 heteroatoms. The molecule has 2 aliphatic rings. The third-order valence-corrected chi connectivity index (χ3v) is 4.46. The molecular formula is C15H25N5. The van der Waals surface area contributed by atoms with E-state index >= 15 is 0 Å². The van der Waals surface area contributed by atoms with Crippen LogP contribution in [0.3, 0.4) is 0 Å². The van der Waals surface area contributed by atoms with Crippen LogP contribution in [0.2, 0.25) is 0 Å². The summed E-state index contributed by atoms with van der Waals surface area (Å²) in [6, 6.07) is 1.23. The molecule has 0 bridgehead atoms. The number of fused-ring (bicyclic) bond motifs is 1. The molecule has 0 radical (unpaired) electrons. The monoisotopic (exact) mass is 275 g/mol. The molecule has 0 aromatic carbocycles. The minimum atomic E-state index is 0.521. The fraction of sp³-hybridized carbons (Fsp3) is 0.733. The van der Waals surface area contributed by atoms with Gasteiger partial charge in [0.05, 0.1) is 11.9 Å². The Morgan fingerprint density at radius 3 is 3.10 bits per heavy atom. The van der Waals surface area contributed by atoms with Gasteiger partial charge in [0.1, 0.15) is 5.82 Å². The Morgan fingerprint density at radius 1 is 1.35 bits per heavy atom. The Hall–Kier alpha value is -1.20. The number of piperazine rings is 1. The Balaban J connectivity index is 1.74. The van der Waals surface area contributed by atoms with Crippen molar-refractivity contribution in [2.24, 2.45) is 0 Å². The van der Waals surface area contributed by atoms with Crippen LogP contribution in [-0.2, 0) is 6.54 Å². The first-order valence-corrected chi connectivity index (χ1v) is 7.80. The van der Waals surface area contributed by atoms with Gasteiger partial charge in [0.15, 0.2) is 0 Å². The van der Waals surface area contributed by atoms with E-state index in [-0.39, 0.29) is 0 Å². The van der Waals surface area contributed by atoms with Crippen LogP contribution in [0.25, 0.3) is 0 Å². The quantitative estimate of drug-likeness (QED) is 0.896. The summed E-state index contributed by atoms with van der Waals surface area (Å²) < 4.78 is 0. The molecule has 2 aliphatic heterocycles. The van der Waals surface area contributed by atoms with Gasteiger partial charge < -0.3 is 10.2 Å². The van der Waals surface area contributed by atoms with Crippen LogP contribution in [0.5, 0.6) is 0 Å². The predicted octanol–water partition coefficient (Wildman–Crippen LogP) is 1.26. The second-order valence-electron chi connectivity index (χ2n) is 5.94. The summed E-state index contributed by atoms with van der Waals surface area (Å²) in [5.74, 6) is 1.04. The first kappa shape index (κ1) is 13.8. The maximum atomic E-state index is 4.78. The average molecular weight is 275 g/mol. The molecule has 0 amide bonds. The molecule has 2 fully saturated rings. The summed E-state index contributed by atoms with van der Waals surface area (Å²) in [6.07, 6.45) is 6.45. The van der Waals surface area contributed by atoms with E-state index in [1.807, 2.05) is 12.4 Å². The van der Waals surface area contributed by atoms with Gasteiger partial charge in [-0.2, -0.15) is 0 Å². The third-order valence-electron chi connectivity index (χ3n) is 4.46. The maximum absolute atomic E-state index is 4.78. The van der Waals surface area contributed by atoms with Crippen LogP contribution >= 0.6 is 0 Å². The first-order valence-electron chi connectivity index (χ1n) is 7.80.